The van der Waals surface area contributed by atoms with E-state index in [2.05, 4.69) is 10.3 Å². The number of aliphatic hydroxyl groups excluding tert-OH is 1. The lowest BCUT2D eigenvalue weighted by molar-refractivity contribution is -0.392. The van der Waals surface area contributed by atoms with Crippen molar-refractivity contribution in [3.63, 3.8) is 0 Å². The highest BCUT2D eigenvalue weighted by Crippen LogP contribution is 2.37. The highest BCUT2D eigenvalue weighted by atomic mass is 32.1. The van der Waals surface area contributed by atoms with Crippen molar-refractivity contribution in [2.45, 2.75) is 6.61 Å². The molecule has 3 aromatic rings. The Balaban J connectivity index is 2.00. The molecule has 1 heterocycles. The van der Waals surface area contributed by atoms with Crippen LogP contribution in [-0.4, -0.2) is 39.9 Å². The number of hydrogen-bond acceptors (Lipinski definition) is 9. The minimum atomic E-state index is -0.767. The molecule has 12 heteroatoms. The third-order valence-corrected chi connectivity index (χ3v) is 5.02. The number of nitrogens with zero attached hydrogens (tertiary/aromatic N) is 4. The number of carbonyl (C=O) groups excluding carboxylic acids is 1. The summed E-state index contributed by atoms with van der Waals surface area (Å²) in [7, 11) is 2.89. The SMILES string of the molecule is CN(C)c1c([N+](=O)[O-])cc(C(=O)Nc2ccc3sc(CO)nc3c2)cc1[N+](=O)[O-]. The summed E-state index contributed by atoms with van der Waals surface area (Å²) in [5, 5.41) is 35.1. The maximum Gasteiger partial charge on any atom is 0.300 e. The van der Waals surface area contributed by atoms with Gasteiger partial charge in [0.05, 0.1) is 32.2 Å². The summed E-state index contributed by atoms with van der Waals surface area (Å²) < 4.78 is 0.814. The Morgan fingerprint density at radius 1 is 1.17 bits per heavy atom. The van der Waals surface area contributed by atoms with Crippen LogP contribution in [0.15, 0.2) is 30.3 Å². The predicted octanol–water partition coefficient (Wildman–Crippen LogP) is 2.92. The molecule has 2 aromatic carbocycles. The molecule has 3 rings (SSSR count). The first-order valence-corrected chi connectivity index (χ1v) is 8.98. The van der Waals surface area contributed by atoms with E-state index in [0.717, 1.165) is 16.8 Å². The van der Waals surface area contributed by atoms with Gasteiger partial charge >= 0.3 is 0 Å². The van der Waals surface area contributed by atoms with Gasteiger partial charge in [-0.05, 0) is 18.2 Å². The summed E-state index contributed by atoms with van der Waals surface area (Å²) in [5.74, 6) is -0.738. The molecule has 0 atom stereocenters. The van der Waals surface area contributed by atoms with E-state index in [0.29, 0.717) is 16.2 Å². The summed E-state index contributed by atoms with van der Waals surface area (Å²) in [6.07, 6.45) is 0. The van der Waals surface area contributed by atoms with Crippen molar-refractivity contribution >= 4 is 50.2 Å². The van der Waals surface area contributed by atoms with Crippen LogP contribution in [0.2, 0.25) is 0 Å². The monoisotopic (exact) mass is 417 g/mol. The molecule has 150 valence electrons. The molecule has 0 fully saturated rings. The predicted molar refractivity (Wildman–Crippen MR) is 108 cm³/mol. The highest BCUT2D eigenvalue weighted by molar-refractivity contribution is 7.18. The van der Waals surface area contributed by atoms with E-state index in [1.165, 1.54) is 30.3 Å². The topological polar surface area (TPSA) is 152 Å². The Kier molecular flexibility index (Phi) is 5.39. The summed E-state index contributed by atoms with van der Waals surface area (Å²) in [6.45, 7) is -0.202. The van der Waals surface area contributed by atoms with Crippen molar-refractivity contribution in [2.75, 3.05) is 24.3 Å². The molecule has 0 radical (unpaired) electrons. The zero-order valence-electron chi connectivity index (χ0n) is 15.3. The van der Waals surface area contributed by atoms with Gasteiger partial charge in [0.1, 0.15) is 5.01 Å². The summed E-state index contributed by atoms with van der Waals surface area (Å²) in [6, 6.07) is 6.91. The van der Waals surface area contributed by atoms with Gasteiger partial charge in [0.2, 0.25) is 0 Å². The molecule has 1 aromatic heterocycles. The molecule has 11 nitrogen and oxygen atoms in total. The van der Waals surface area contributed by atoms with Crippen molar-refractivity contribution in [1.82, 2.24) is 4.98 Å². The first kappa shape index (κ1) is 20.1. The number of carbonyl (C=O) groups is 1. The molecule has 0 bridgehead atoms. The quantitative estimate of drug-likeness (QED) is 0.459. The van der Waals surface area contributed by atoms with Gasteiger partial charge in [0.15, 0.2) is 5.69 Å². The summed E-state index contributed by atoms with van der Waals surface area (Å²) in [5.41, 5.74) is -0.578. The first-order valence-electron chi connectivity index (χ1n) is 8.17. The zero-order valence-corrected chi connectivity index (χ0v) is 16.1. The first-order chi connectivity index (χ1) is 13.7. The van der Waals surface area contributed by atoms with Gasteiger partial charge in [-0.15, -0.1) is 11.3 Å². The maximum absolute atomic E-state index is 12.6. The number of benzene rings is 2. The average molecular weight is 417 g/mol. The number of aromatic nitrogens is 1. The Bertz CT molecular complexity index is 1110. The number of anilines is 2. The van der Waals surface area contributed by atoms with Crippen LogP contribution in [0.4, 0.5) is 22.7 Å². The Morgan fingerprint density at radius 2 is 1.79 bits per heavy atom. The molecule has 2 N–H and O–H groups in total. The molecule has 0 aliphatic carbocycles. The van der Waals surface area contributed by atoms with Crippen LogP contribution >= 0.6 is 11.3 Å². The standard InChI is InChI=1S/C17H15N5O6S/c1-20(2)16-12(21(25)26)5-9(6-13(16)22(27)28)17(24)18-10-3-4-14-11(7-10)19-15(8-23)29-14/h3-7,23H,8H2,1-2H3,(H,18,24). The lowest BCUT2D eigenvalue weighted by Crippen LogP contribution is -2.17. The molecule has 0 unspecified atom stereocenters. The van der Waals surface area contributed by atoms with E-state index in [1.807, 2.05) is 0 Å². The van der Waals surface area contributed by atoms with Crippen molar-refractivity contribution in [2.24, 2.45) is 0 Å². The Morgan fingerprint density at radius 3 is 2.31 bits per heavy atom. The number of hydrogen-bond donors (Lipinski definition) is 2. The molecular weight excluding hydrogens is 402 g/mol. The lowest BCUT2D eigenvalue weighted by Gasteiger charge is -2.14. The van der Waals surface area contributed by atoms with Gasteiger partial charge in [0, 0.05) is 31.9 Å². The van der Waals surface area contributed by atoms with E-state index >= 15 is 0 Å². The third kappa shape index (κ3) is 3.97. The van der Waals surface area contributed by atoms with E-state index in [9.17, 15) is 25.0 Å². The number of thiazole rings is 1. The molecule has 0 aliphatic rings. The molecule has 0 aliphatic heterocycles. The fourth-order valence-corrected chi connectivity index (χ4v) is 3.60. The number of nitrogens with one attached hydrogen (secondary N) is 1. The summed E-state index contributed by atoms with van der Waals surface area (Å²) in [4.78, 5) is 39.4. The smallest absolute Gasteiger partial charge is 0.300 e. The molecule has 29 heavy (non-hydrogen) atoms. The summed E-state index contributed by atoms with van der Waals surface area (Å²) >= 11 is 1.31. The van der Waals surface area contributed by atoms with Crippen molar-refractivity contribution < 1.29 is 19.7 Å². The molecule has 0 saturated heterocycles. The highest BCUT2D eigenvalue weighted by Gasteiger charge is 2.30. The van der Waals surface area contributed by atoms with E-state index in [-0.39, 0.29) is 17.9 Å². The average Bonchev–Trinajstić information content (AvgIpc) is 3.09. The second kappa shape index (κ2) is 7.77. The van der Waals surface area contributed by atoms with E-state index in [1.54, 1.807) is 18.2 Å². The second-order valence-corrected chi connectivity index (χ2v) is 7.29. The molecular formula is C17H15N5O6S. The van der Waals surface area contributed by atoms with Gasteiger partial charge in [-0.3, -0.25) is 25.0 Å². The van der Waals surface area contributed by atoms with Crippen molar-refractivity contribution in [1.29, 1.82) is 0 Å². The van der Waals surface area contributed by atoms with Crippen LogP contribution in [0, 0.1) is 20.2 Å². The van der Waals surface area contributed by atoms with Crippen LogP contribution in [0.1, 0.15) is 15.4 Å². The largest absolute Gasteiger partial charge is 0.389 e. The number of nitro groups is 2. The third-order valence-electron chi connectivity index (χ3n) is 4.00. The van der Waals surface area contributed by atoms with Crippen molar-refractivity contribution in [3.8, 4) is 0 Å². The lowest BCUT2D eigenvalue weighted by atomic mass is 10.1. The van der Waals surface area contributed by atoms with Gasteiger partial charge in [-0.25, -0.2) is 4.98 Å². The van der Waals surface area contributed by atoms with Crippen LogP contribution in [0.25, 0.3) is 10.2 Å². The number of nitro benzene ring substituents is 2. The molecule has 1 amide bonds. The molecule has 0 saturated carbocycles. The zero-order chi connectivity index (χ0) is 21.3. The van der Waals surface area contributed by atoms with E-state index < -0.39 is 27.1 Å². The number of amides is 1. The fourth-order valence-electron chi connectivity index (χ4n) is 2.80. The van der Waals surface area contributed by atoms with Gasteiger partial charge in [0.25, 0.3) is 17.3 Å². The maximum atomic E-state index is 12.6. The number of fused-ring (bicyclic) bond motifs is 1. The minimum absolute atomic E-state index is 0.197. The van der Waals surface area contributed by atoms with Crippen LogP contribution in [0.5, 0.6) is 0 Å². The van der Waals surface area contributed by atoms with Crippen molar-refractivity contribution in [3.05, 3.63) is 61.1 Å². The van der Waals surface area contributed by atoms with Crippen LogP contribution < -0.4 is 10.2 Å². The Labute approximate surface area is 167 Å². The molecule has 0 spiro atoms. The van der Waals surface area contributed by atoms with Gasteiger partial charge < -0.3 is 15.3 Å². The minimum Gasteiger partial charge on any atom is -0.389 e. The fraction of sp³-hybridized carbons (Fsp3) is 0.176. The number of rotatable bonds is 6. The normalized spacial score (nSPS) is 10.7. The number of aliphatic hydroxyl groups is 1. The Hall–Kier alpha value is -3.64. The van der Waals surface area contributed by atoms with Crippen LogP contribution in [-0.2, 0) is 6.61 Å². The van der Waals surface area contributed by atoms with Gasteiger partial charge in [-0.2, -0.15) is 0 Å². The van der Waals surface area contributed by atoms with E-state index in [4.69, 9.17) is 5.11 Å². The van der Waals surface area contributed by atoms with Crippen LogP contribution in [0.3, 0.4) is 0 Å². The second-order valence-electron chi connectivity index (χ2n) is 6.17. The van der Waals surface area contributed by atoms with Gasteiger partial charge in [-0.1, -0.05) is 0 Å².